The van der Waals surface area contributed by atoms with Gasteiger partial charge in [0.05, 0.1) is 20.2 Å². The number of fused-ring (bicyclic) bond motifs is 1. The number of piperidine rings is 1. The Hall–Kier alpha value is -0.330. The van der Waals surface area contributed by atoms with E-state index in [-0.39, 0.29) is 0 Å². The third kappa shape index (κ3) is 3.09. The Bertz CT molecular complexity index is 276. The molecule has 0 aromatic heterocycles. The normalized spacial score (nSPS) is 27.1. The minimum absolute atomic E-state index is 0.573. The predicted molar refractivity (Wildman–Crippen MR) is 47.6 cm³/mol. The topological polar surface area (TPSA) is 81.6 Å². The quantitative estimate of drug-likeness (QED) is 0.591. The van der Waals surface area contributed by atoms with E-state index in [0.717, 1.165) is 44.5 Å². The summed E-state index contributed by atoms with van der Waals surface area (Å²) in [5, 5.41) is 0. The standard InChI is InChI=1S/C10H16ClNO4/c13-11(14,15)16-10-6-4-8-12-7-3-1-2-5-9(10)12/h5,10H,1-4,6-8H2. The molecule has 1 unspecified atom stereocenters. The maximum atomic E-state index is 10.6. The van der Waals surface area contributed by atoms with Gasteiger partial charge in [-0.15, -0.1) is 0 Å². The van der Waals surface area contributed by atoms with Gasteiger partial charge in [0, 0.05) is 13.1 Å². The van der Waals surface area contributed by atoms with Crippen LogP contribution in [0.1, 0.15) is 32.1 Å². The summed E-state index contributed by atoms with van der Waals surface area (Å²) in [5.74, 6) is 0. The monoisotopic (exact) mass is 249 g/mol. The largest absolute Gasteiger partial charge is 0.372 e. The molecular formula is C10H16ClNO4. The van der Waals surface area contributed by atoms with Crippen molar-refractivity contribution in [2.24, 2.45) is 0 Å². The summed E-state index contributed by atoms with van der Waals surface area (Å²) in [6.45, 7) is 1.86. The second kappa shape index (κ2) is 4.89. The van der Waals surface area contributed by atoms with Crippen LogP contribution < -0.4 is 14.0 Å². The smallest absolute Gasteiger partial charge is 0.252 e. The molecule has 1 fully saturated rings. The van der Waals surface area contributed by atoms with E-state index in [1.54, 1.807) is 0 Å². The van der Waals surface area contributed by atoms with Gasteiger partial charge in [-0.1, -0.05) is 6.08 Å². The van der Waals surface area contributed by atoms with Crippen LogP contribution >= 0.6 is 0 Å². The summed E-state index contributed by atoms with van der Waals surface area (Å²) in [5.41, 5.74) is 0.885. The minimum atomic E-state index is -4.33. The van der Waals surface area contributed by atoms with Crippen molar-refractivity contribution >= 4 is 0 Å². The molecule has 0 saturated carbocycles. The molecule has 0 bridgehead atoms. The van der Waals surface area contributed by atoms with E-state index >= 15 is 0 Å². The molecule has 0 aromatic carbocycles. The predicted octanol–water partition coefficient (Wildman–Crippen LogP) is -1.57. The van der Waals surface area contributed by atoms with Crippen LogP contribution in [0.2, 0.25) is 0 Å². The van der Waals surface area contributed by atoms with E-state index in [0.29, 0.717) is 6.42 Å². The highest BCUT2D eigenvalue weighted by atomic mass is 35.7. The molecule has 1 saturated heterocycles. The number of hydrogen-bond acceptors (Lipinski definition) is 5. The number of rotatable bonds is 2. The van der Waals surface area contributed by atoms with Crippen LogP contribution in [-0.4, -0.2) is 24.1 Å². The van der Waals surface area contributed by atoms with Gasteiger partial charge < -0.3 is 4.90 Å². The molecule has 92 valence electrons. The van der Waals surface area contributed by atoms with Gasteiger partial charge in [0.2, 0.25) is 0 Å². The van der Waals surface area contributed by atoms with Crippen molar-refractivity contribution in [1.29, 1.82) is 0 Å². The molecule has 6 heteroatoms. The fourth-order valence-electron chi connectivity index (χ4n) is 2.37. The number of hydrogen-bond donors (Lipinski definition) is 0. The van der Waals surface area contributed by atoms with Gasteiger partial charge in [0.15, 0.2) is 0 Å². The minimum Gasteiger partial charge on any atom is -0.372 e. The Morgan fingerprint density at radius 2 is 1.94 bits per heavy atom. The van der Waals surface area contributed by atoms with Crippen LogP contribution in [0, 0.1) is 10.2 Å². The van der Waals surface area contributed by atoms with Gasteiger partial charge in [0.25, 0.3) is 6.10 Å². The lowest BCUT2D eigenvalue weighted by atomic mass is 10.0. The molecule has 2 aliphatic heterocycles. The molecule has 0 spiro atoms. The third-order valence-corrected chi connectivity index (χ3v) is 3.47. The van der Waals surface area contributed by atoms with Gasteiger partial charge in [-0.25, -0.2) is 0 Å². The highest BCUT2D eigenvalue weighted by Gasteiger charge is 2.37. The van der Waals surface area contributed by atoms with Crippen molar-refractivity contribution in [3.63, 3.8) is 0 Å². The van der Waals surface area contributed by atoms with Crippen LogP contribution in [-0.2, 0) is 4.29 Å². The first-order chi connectivity index (χ1) is 7.56. The lowest BCUT2D eigenvalue weighted by Crippen LogP contribution is -2.63. The number of allylic oxidation sites excluding steroid dienone is 1. The average molecular weight is 250 g/mol. The molecule has 16 heavy (non-hydrogen) atoms. The SMILES string of the molecule is [O-][Cl+3]([O-])([O-])OC1CCCN2CCCCC=C12. The molecule has 0 aliphatic carbocycles. The molecule has 2 aliphatic rings. The van der Waals surface area contributed by atoms with Gasteiger partial charge >= 0.3 is 0 Å². The molecule has 0 radical (unpaired) electrons. The number of nitrogens with zero attached hydrogens (tertiary/aromatic N) is 1. The summed E-state index contributed by atoms with van der Waals surface area (Å²) in [6, 6.07) is 0. The first-order valence-electron chi connectivity index (χ1n) is 5.60. The van der Waals surface area contributed by atoms with Gasteiger partial charge in [-0.05, 0) is 32.1 Å². The fourth-order valence-corrected chi connectivity index (χ4v) is 2.81. The van der Waals surface area contributed by atoms with Crippen LogP contribution in [0.4, 0.5) is 0 Å². The van der Waals surface area contributed by atoms with Crippen molar-refractivity contribution in [3.8, 4) is 0 Å². The highest BCUT2D eigenvalue weighted by molar-refractivity contribution is 5.11. The zero-order valence-corrected chi connectivity index (χ0v) is 9.82. The summed E-state index contributed by atoms with van der Waals surface area (Å²) < 4.78 is 36.4. The molecule has 5 nitrogen and oxygen atoms in total. The molecule has 2 heterocycles. The second-order valence-electron chi connectivity index (χ2n) is 4.21. The van der Waals surface area contributed by atoms with E-state index in [1.165, 1.54) is 0 Å². The van der Waals surface area contributed by atoms with Crippen LogP contribution in [0.5, 0.6) is 0 Å². The van der Waals surface area contributed by atoms with Crippen molar-refractivity contribution < 1.29 is 28.5 Å². The highest BCUT2D eigenvalue weighted by Crippen LogP contribution is 2.28. The molecule has 1 atom stereocenters. The van der Waals surface area contributed by atoms with E-state index in [4.69, 9.17) is 0 Å². The second-order valence-corrected chi connectivity index (χ2v) is 5.14. The third-order valence-electron chi connectivity index (χ3n) is 3.04. The van der Waals surface area contributed by atoms with E-state index in [2.05, 4.69) is 9.19 Å². The van der Waals surface area contributed by atoms with Crippen molar-refractivity contribution in [2.75, 3.05) is 13.1 Å². The Balaban J connectivity index is 2.08. The molecule has 0 amide bonds. The van der Waals surface area contributed by atoms with Gasteiger partial charge in [-0.2, -0.15) is 14.0 Å². The summed E-state index contributed by atoms with van der Waals surface area (Å²) >= 11 is 0. The Morgan fingerprint density at radius 1 is 1.19 bits per heavy atom. The van der Waals surface area contributed by atoms with Crippen molar-refractivity contribution in [2.45, 2.75) is 38.2 Å². The fraction of sp³-hybridized carbons (Fsp3) is 0.800. The van der Waals surface area contributed by atoms with E-state index in [9.17, 15) is 14.0 Å². The molecule has 0 N–H and O–H groups in total. The Labute approximate surface area is 97.0 Å². The molecule has 0 aromatic rings. The maximum Gasteiger partial charge on any atom is 0.252 e. The Morgan fingerprint density at radius 3 is 2.69 bits per heavy atom. The van der Waals surface area contributed by atoms with Gasteiger partial charge in [-0.3, -0.25) is 0 Å². The molecular weight excluding hydrogens is 234 g/mol. The van der Waals surface area contributed by atoms with Crippen LogP contribution in [0.3, 0.4) is 0 Å². The van der Waals surface area contributed by atoms with Gasteiger partial charge in [0.1, 0.15) is 0 Å². The average Bonchev–Trinajstić information content (AvgIpc) is 2.41. The summed E-state index contributed by atoms with van der Waals surface area (Å²) in [7, 11) is -4.33. The first kappa shape index (κ1) is 12.1. The Kier molecular flexibility index (Phi) is 3.71. The van der Waals surface area contributed by atoms with Crippen molar-refractivity contribution in [1.82, 2.24) is 4.90 Å². The van der Waals surface area contributed by atoms with E-state index in [1.807, 2.05) is 6.08 Å². The summed E-state index contributed by atoms with van der Waals surface area (Å²) in [4.78, 5) is 2.14. The first-order valence-corrected chi connectivity index (χ1v) is 6.84. The van der Waals surface area contributed by atoms with E-state index < -0.39 is 16.3 Å². The van der Waals surface area contributed by atoms with Crippen LogP contribution in [0.15, 0.2) is 11.8 Å². The zero-order valence-electron chi connectivity index (χ0n) is 9.06. The van der Waals surface area contributed by atoms with Crippen molar-refractivity contribution in [3.05, 3.63) is 11.8 Å². The zero-order chi connectivity index (χ0) is 11.6. The lowest BCUT2D eigenvalue weighted by Gasteiger charge is -2.33. The maximum absolute atomic E-state index is 10.6. The number of halogens is 1. The van der Waals surface area contributed by atoms with Crippen LogP contribution in [0.25, 0.3) is 0 Å². The lowest BCUT2D eigenvalue weighted by molar-refractivity contribution is -1.92. The molecule has 2 rings (SSSR count). The summed E-state index contributed by atoms with van der Waals surface area (Å²) in [6.07, 6.45) is 6.06.